The molecule has 0 bridgehead atoms. The van der Waals surface area contributed by atoms with Crippen LogP contribution in [0.4, 0.5) is 0 Å². The molecule has 4 aromatic rings. The van der Waals surface area contributed by atoms with Crippen molar-refractivity contribution in [2.24, 2.45) is 0 Å². The number of benzene rings is 3. The third kappa shape index (κ3) is 4.49. The Labute approximate surface area is 185 Å². The van der Waals surface area contributed by atoms with Crippen LogP contribution < -0.4 is 14.9 Å². The molecule has 32 heavy (non-hydrogen) atoms. The number of hydrogen-bond acceptors (Lipinski definition) is 6. The van der Waals surface area contributed by atoms with E-state index in [1.54, 1.807) is 42.5 Å². The molecule has 1 aromatic heterocycles. The largest absolute Gasteiger partial charge is 0.489 e. The number of rotatable bonds is 6. The van der Waals surface area contributed by atoms with Crippen molar-refractivity contribution in [2.75, 3.05) is 7.11 Å². The normalized spacial score (nSPS) is 10.7. The number of methoxy groups -OCH3 is 1. The maximum absolute atomic E-state index is 12.8. The van der Waals surface area contributed by atoms with Crippen molar-refractivity contribution in [3.63, 3.8) is 0 Å². The van der Waals surface area contributed by atoms with E-state index in [2.05, 4.69) is 22.9 Å². The summed E-state index contributed by atoms with van der Waals surface area (Å²) >= 11 is 0. The minimum atomic E-state index is -0.447. The Morgan fingerprint density at radius 1 is 0.938 bits per heavy atom. The van der Waals surface area contributed by atoms with Gasteiger partial charge in [-0.3, -0.25) is 4.79 Å². The molecule has 0 radical (unpaired) electrons. The first kappa shape index (κ1) is 21.2. The van der Waals surface area contributed by atoms with Gasteiger partial charge in [-0.1, -0.05) is 23.8 Å². The predicted molar refractivity (Wildman–Crippen MR) is 121 cm³/mol. The van der Waals surface area contributed by atoms with Crippen molar-refractivity contribution >= 4 is 16.9 Å². The summed E-state index contributed by atoms with van der Waals surface area (Å²) in [5.74, 6) is 0.608. The molecule has 0 atom stereocenters. The number of ether oxygens (including phenoxy) is 3. The average Bonchev–Trinajstić information content (AvgIpc) is 2.81. The van der Waals surface area contributed by atoms with Crippen LogP contribution in [-0.2, 0) is 11.3 Å². The van der Waals surface area contributed by atoms with Crippen LogP contribution in [-0.4, -0.2) is 13.1 Å². The molecule has 0 aliphatic rings. The van der Waals surface area contributed by atoms with Gasteiger partial charge in [-0.25, -0.2) is 4.79 Å². The van der Waals surface area contributed by atoms with E-state index in [9.17, 15) is 9.59 Å². The van der Waals surface area contributed by atoms with Gasteiger partial charge < -0.3 is 18.6 Å². The maximum Gasteiger partial charge on any atom is 0.337 e. The summed E-state index contributed by atoms with van der Waals surface area (Å²) in [6, 6.07) is 17.6. The quantitative estimate of drug-likeness (QED) is 0.373. The minimum Gasteiger partial charge on any atom is -0.489 e. The van der Waals surface area contributed by atoms with Gasteiger partial charge >= 0.3 is 5.97 Å². The smallest absolute Gasteiger partial charge is 0.337 e. The molecule has 0 unspecified atom stereocenters. The Bertz CT molecular complexity index is 1340. The molecule has 0 fully saturated rings. The number of carbonyl (C=O) groups excluding carboxylic acids is 1. The van der Waals surface area contributed by atoms with Gasteiger partial charge in [0.1, 0.15) is 30.0 Å². The summed E-state index contributed by atoms with van der Waals surface area (Å²) < 4.78 is 21.9. The maximum atomic E-state index is 12.8. The van der Waals surface area contributed by atoms with Crippen LogP contribution >= 0.6 is 0 Å². The number of carbonyl (C=O) groups is 1. The molecule has 0 aliphatic carbocycles. The lowest BCUT2D eigenvalue weighted by molar-refractivity contribution is 0.0600. The average molecular weight is 430 g/mol. The Hall–Kier alpha value is -4.06. The fourth-order valence-corrected chi connectivity index (χ4v) is 3.27. The molecule has 0 N–H and O–H groups in total. The molecule has 6 nitrogen and oxygen atoms in total. The molecule has 3 aromatic carbocycles. The molecule has 6 heteroatoms. The zero-order valence-corrected chi connectivity index (χ0v) is 18.0. The van der Waals surface area contributed by atoms with Crippen molar-refractivity contribution in [1.29, 1.82) is 0 Å². The number of esters is 1. The van der Waals surface area contributed by atoms with Crippen LogP contribution in [0.25, 0.3) is 11.0 Å². The summed E-state index contributed by atoms with van der Waals surface area (Å²) in [7, 11) is 1.31. The van der Waals surface area contributed by atoms with E-state index < -0.39 is 5.97 Å². The monoisotopic (exact) mass is 430 g/mol. The second-order valence-electron chi connectivity index (χ2n) is 7.42. The highest BCUT2D eigenvalue weighted by molar-refractivity contribution is 5.89. The highest BCUT2D eigenvalue weighted by Crippen LogP contribution is 2.25. The van der Waals surface area contributed by atoms with Crippen molar-refractivity contribution < 1.29 is 23.4 Å². The summed E-state index contributed by atoms with van der Waals surface area (Å²) in [4.78, 5) is 24.4. The lowest BCUT2D eigenvalue weighted by Crippen LogP contribution is -2.05. The van der Waals surface area contributed by atoms with Gasteiger partial charge in [0, 0.05) is 6.07 Å². The van der Waals surface area contributed by atoms with E-state index in [0.29, 0.717) is 34.6 Å². The second-order valence-corrected chi connectivity index (χ2v) is 7.42. The second kappa shape index (κ2) is 8.98. The van der Waals surface area contributed by atoms with Gasteiger partial charge in [-0.2, -0.15) is 0 Å². The lowest BCUT2D eigenvalue weighted by atomic mass is 10.1. The van der Waals surface area contributed by atoms with Crippen LogP contribution in [0.5, 0.6) is 17.2 Å². The van der Waals surface area contributed by atoms with E-state index in [1.807, 2.05) is 13.8 Å². The Morgan fingerprint density at radius 3 is 2.44 bits per heavy atom. The van der Waals surface area contributed by atoms with E-state index in [4.69, 9.17) is 13.9 Å². The summed E-state index contributed by atoms with van der Waals surface area (Å²) in [6.07, 6.45) is 1.27. The van der Waals surface area contributed by atoms with E-state index in [-0.39, 0.29) is 11.2 Å². The Balaban J connectivity index is 1.52. The highest BCUT2D eigenvalue weighted by atomic mass is 16.5. The standard InChI is InChI=1S/C26H22O6/c1-16-4-5-17(2)19(12-16)14-30-21-10-11-22-23(13-21)31-15-24(25(22)27)32-20-8-6-18(7-9-20)26(28)29-3/h4-13,15H,14H2,1-3H3. The van der Waals surface area contributed by atoms with Crippen LogP contribution in [0.2, 0.25) is 0 Å². The molecule has 0 aliphatic heterocycles. The SMILES string of the molecule is COC(=O)c1ccc(Oc2coc3cc(OCc4cc(C)ccc4C)ccc3c2=O)cc1. The van der Waals surface area contributed by atoms with Gasteiger partial charge in [-0.15, -0.1) is 0 Å². The van der Waals surface area contributed by atoms with Crippen molar-refractivity contribution in [1.82, 2.24) is 0 Å². The predicted octanol–water partition coefficient (Wildman–Crippen LogP) is 5.57. The van der Waals surface area contributed by atoms with Crippen molar-refractivity contribution in [3.05, 3.63) is 99.4 Å². The number of hydrogen-bond donors (Lipinski definition) is 0. The first-order valence-electron chi connectivity index (χ1n) is 10.1. The molecular formula is C26H22O6. The van der Waals surface area contributed by atoms with Crippen molar-refractivity contribution in [2.45, 2.75) is 20.5 Å². The molecule has 0 spiro atoms. The number of fused-ring (bicyclic) bond motifs is 1. The molecular weight excluding hydrogens is 408 g/mol. The lowest BCUT2D eigenvalue weighted by Gasteiger charge is -2.10. The molecule has 0 saturated heterocycles. The molecule has 0 saturated carbocycles. The van der Waals surface area contributed by atoms with Gasteiger partial charge in [-0.05, 0) is 61.4 Å². The van der Waals surface area contributed by atoms with Gasteiger partial charge in [0.25, 0.3) is 0 Å². The van der Waals surface area contributed by atoms with Crippen LogP contribution in [0.3, 0.4) is 0 Å². The fraction of sp³-hybridized carbons (Fsp3) is 0.154. The minimum absolute atomic E-state index is 0.0485. The topological polar surface area (TPSA) is 75.0 Å². The molecule has 162 valence electrons. The Morgan fingerprint density at radius 2 is 1.69 bits per heavy atom. The third-order valence-corrected chi connectivity index (χ3v) is 5.12. The highest BCUT2D eigenvalue weighted by Gasteiger charge is 2.12. The summed E-state index contributed by atoms with van der Waals surface area (Å²) in [5, 5.41) is 0.382. The summed E-state index contributed by atoms with van der Waals surface area (Å²) in [5.41, 5.74) is 3.93. The van der Waals surface area contributed by atoms with Crippen LogP contribution in [0, 0.1) is 13.8 Å². The number of aryl methyl sites for hydroxylation is 2. The Kier molecular flexibility index (Phi) is 5.94. The third-order valence-electron chi connectivity index (χ3n) is 5.12. The molecule has 4 rings (SSSR count). The first-order valence-corrected chi connectivity index (χ1v) is 10.1. The summed E-state index contributed by atoms with van der Waals surface area (Å²) in [6.45, 7) is 4.51. The van der Waals surface area contributed by atoms with Crippen LogP contribution in [0.1, 0.15) is 27.0 Å². The van der Waals surface area contributed by atoms with Crippen molar-refractivity contribution in [3.8, 4) is 17.2 Å². The first-order chi connectivity index (χ1) is 15.4. The van der Waals surface area contributed by atoms with Gasteiger partial charge in [0.2, 0.25) is 11.2 Å². The van der Waals surface area contributed by atoms with Gasteiger partial charge in [0.05, 0.1) is 18.1 Å². The van der Waals surface area contributed by atoms with E-state index in [1.165, 1.54) is 18.9 Å². The zero-order chi connectivity index (χ0) is 22.7. The van der Waals surface area contributed by atoms with E-state index >= 15 is 0 Å². The molecule has 0 amide bonds. The fourth-order valence-electron chi connectivity index (χ4n) is 3.27. The zero-order valence-electron chi connectivity index (χ0n) is 18.0. The van der Waals surface area contributed by atoms with Gasteiger partial charge in [0.15, 0.2) is 0 Å². The van der Waals surface area contributed by atoms with E-state index in [0.717, 1.165) is 11.1 Å². The van der Waals surface area contributed by atoms with Crippen LogP contribution in [0.15, 0.2) is 76.1 Å². The molecule has 1 heterocycles.